The van der Waals surface area contributed by atoms with Crippen LogP contribution in [0.25, 0.3) is 0 Å². The highest BCUT2D eigenvalue weighted by Gasteiger charge is 2.56. The van der Waals surface area contributed by atoms with Crippen LogP contribution in [0.2, 0.25) is 18.1 Å². The molecule has 2 aliphatic rings. The number of carbonyl (C=O) groups is 3. The van der Waals surface area contributed by atoms with Crippen molar-refractivity contribution >= 4 is 26.3 Å². The number of ether oxygens (including phenoxy) is 3. The Balaban J connectivity index is 1.94. The molecule has 9 heteroatoms. The second kappa shape index (κ2) is 9.68. The number of cyclic esters (lactones) is 1. The molecule has 1 fully saturated rings. The highest BCUT2D eigenvalue weighted by atomic mass is 28.4. The maximum absolute atomic E-state index is 13.3. The molecule has 2 heterocycles. The monoisotopic (exact) mass is 475 g/mol. The van der Waals surface area contributed by atoms with E-state index in [1.807, 2.05) is 30.3 Å². The third kappa shape index (κ3) is 5.30. The van der Waals surface area contributed by atoms with Crippen LogP contribution in [-0.4, -0.2) is 56.5 Å². The van der Waals surface area contributed by atoms with Gasteiger partial charge < -0.3 is 18.6 Å². The quantitative estimate of drug-likeness (QED) is 0.361. The standard InChI is InChI=1S/C24H33NO7Si/c1-24(2,3)33(5,6)32-19-12-13-30-21(26)17-14-18(22(27)29-4)25(20(17)19)23(28)31-15-16-10-8-7-9-11-16/h7-13,17-20H,14-15H2,1-6H3/t17-,18+,19-,20+/m1/s1. The molecule has 0 saturated carbocycles. The molecule has 4 atom stereocenters. The van der Waals surface area contributed by atoms with E-state index in [-0.39, 0.29) is 18.1 Å². The van der Waals surface area contributed by atoms with Gasteiger partial charge >= 0.3 is 18.0 Å². The van der Waals surface area contributed by atoms with Crippen molar-refractivity contribution in [2.24, 2.45) is 5.92 Å². The lowest BCUT2D eigenvalue weighted by atomic mass is 9.95. The van der Waals surface area contributed by atoms with E-state index >= 15 is 0 Å². The first-order valence-corrected chi connectivity index (χ1v) is 14.0. The zero-order chi connectivity index (χ0) is 24.4. The summed E-state index contributed by atoms with van der Waals surface area (Å²) in [5.41, 5.74) is 0.811. The molecular formula is C24H33NO7Si. The molecule has 0 unspecified atom stereocenters. The topological polar surface area (TPSA) is 91.4 Å². The van der Waals surface area contributed by atoms with Crippen molar-refractivity contribution in [2.75, 3.05) is 7.11 Å². The highest BCUT2D eigenvalue weighted by molar-refractivity contribution is 6.74. The predicted molar refractivity (Wildman–Crippen MR) is 123 cm³/mol. The van der Waals surface area contributed by atoms with Crippen molar-refractivity contribution < 1.29 is 33.0 Å². The van der Waals surface area contributed by atoms with Gasteiger partial charge in [0.2, 0.25) is 0 Å². The van der Waals surface area contributed by atoms with Gasteiger partial charge in [-0.05, 0) is 36.2 Å². The SMILES string of the molecule is COC(=O)[C@@H]1C[C@H]2C(=O)OC=C[C@@H](O[Si](C)(C)C(C)(C)C)[C@H]2N1C(=O)OCc1ccccc1. The van der Waals surface area contributed by atoms with Crippen molar-refractivity contribution in [1.82, 2.24) is 4.90 Å². The summed E-state index contributed by atoms with van der Waals surface area (Å²) in [5.74, 6) is -1.87. The maximum Gasteiger partial charge on any atom is 0.411 e. The zero-order valence-electron chi connectivity index (χ0n) is 20.1. The molecule has 0 aliphatic carbocycles. The van der Waals surface area contributed by atoms with Crippen molar-refractivity contribution in [3.8, 4) is 0 Å². The van der Waals surface area contributed by atoms with E-state index in [1.54, 1.807) is 6.08 Å². The molecule has 0 radical (unpaired) electrons. The summed E-state index contributed by atoms with van der Waals surface area (Å²) in [4.78, 5) is 40.0. The zero-order valence-corrected chi connectivity index (χ0v) is 21.1. The second-order valence-corrected chi connectivity index (χ2v) is 14.7. The Hall–Kier alpha value is -2.65. The highest BCUT2D eigenvalue weighted by Crippen LogP contribution is 2.42. The van der Waals surface area contributed by atoms with E-state index in [0.29, 0.717) is 0 Å². The van der Waals surface area contributed by atoms with Crippen LogP contribution < -0.4 is 0 Å². The summed E-state index contributed by atoms with van der Waals surface area (Å²) in [5, 5.41) is -0.105. The average molecular weight is 476 g/mol. The fourth-order valence-electron chi connectivity index (χ4n) is 3.92. The van der Waals surface area contributed by atoms with Crippen molar-refractivity contribution in [3.63, 3.8) is 0 Å². The molecule has 1 aromatic rings. The number of fused-ring (bicyclic) bond motifs is 1. The van der Waals surface area contributed by atoms with Crippen LogP contribution in [-0.2, 0) is 34.8 Å². The van der Waals surface area contributed by atoms with Gasteiger partial charge in [0.15, 0.2) is 8.32 Å². The number of benzene rings is 1. The molecule has 8 nitrogen and oxygen atoms in total. The molecule has 0 spiro atoms. The van der Waals surface area contributed by atoms with Crippen LogP contribution in [0.1, 0.15) is 32.8 Å². The number of rotatable bonds is 5. The Kier molecular flexibility index (Phi) is 7.33. The van der Waals surface area contributed by atoms with Gasteiger partial charge in [0.25, 0.3) is 0 Å². The Bertz CT molecular complexity index is 909. The van der Waals surface area contributed by atoms with E-state index < -0.39 is 50.5 Å². The summed E-state index contributed by atoms with van der Waals surface area (Å²) in [6, 6.07) is 7.52. The second-order valence-electron chi connectivity index (χ2n) is 9.93. The van der Waals surface area contributed by atoms with Gasteiger partial charge in [0.1, 0.15) is 12.6 Å². The van der Waals surface area contributed by atoms with Crippen LogP contribution in [0.5, 0.6) is 0 Å². The molecule has 1 saturated heterocycles. The fourth-order valence-corrected chi connectivity index (χ4v) is 5.17. The minimum atomic E-state index is -2.30. The lowest BCUT2D eigenvalue weighted by Crippen LogP contribution is -2.55. The lowest BCUT2D eigenvalue weighted by molar-refractivity contribution is -0.146. The van der Waals surface area contributed by atoms with Gasteiger partial charge in [-0.3, -0.25) is 9.69 Å². The first kappa shape index (κ1) is 25.0. The Morgan fingerprint density at radius 1 is 1.18 bits per heavy atom. The number of methoxy groups -OCH3 is 1. The van der Waals surface area contributed by atoms with Crippen LogP contribution in [0.4, 0.5) is 4.79 Å². The Morgan fingerprint density at radius 2 is 1.85 bits per heavy atom. The van der Waals surface area contributed by atoms with Crippen molar-refractivity contribution in [3.05, 3.63) is 48.2 Å². The summed E-state index contributed by atoms with van der Waals surface area (Å²) >= 11 is 0. The van der Waals surface area contributed by atoms with Crippen molar-refractivity contribution in [2.45, 2.75) is 70.1 Å². The molecule has 1 aromatic carbocycles. The summed E-state index contributed by atoms with van der Waals surface area (Å²) < 4.78 is 22.4. The van der Waals surface area contributed by atoms with Gasteiger partial charge in [-0.15, -0.1) is 0 Å². The molecule has 2 aliphatic heterocycles. The number of nitrogens with zero attached hydrogens (tertiary/aromatic N) is 1. The predicted octanol–water partition coefficient (Wildman–Crippen LogP) is 4.02. The molecule has 0 aromatic heterocycles. The first-order valence-electron chi connectivity index (χ1n) is 11.1. The van der Waals surface area contributed by atoms with E-state index in [2.05, 4.69) is 33.9 Å². The van der Waals surface area contributed by atoms with Crippen LogP contribution in [0.15, 0.2) is 42.7 Å². The van der Waals surface area contributed by atoms with Crippen LogP contribution in [0, 0.1) is 5.92 Å². The van der Waals surface area contributed by atoms with E-state index in [4.69, 9.17) is 18.6 Å². The molecule has 180 valence electrons. The Morgan fingerprint density at radius 3 is 2.45 bits per heavy atom. The van der Waals surface area contributed by atoms with Gasteiger partial charge in [-0.25, -0.2) is 9.59 Å². The van der Waals surface area contributed by atoms with Gasteiger partial charge in [0, 0.05) is 0 Å². The van der Waals surface area contributed by atoms with Crippen LogP contribution >= 0.6 is 0 Å². The molecular weight excluding hydrogens is 442 g/mol. The summed E-state index contributed by atoms with van der Waals surface area (Å²) in [6.45, 7) is 10.5. The first-order chi connectivity index (χ1) is 15.5. The number of esters is 2. The van der Waals surface area contributed by atoms with Gasteiger partial charge in [-0.2, -0.15) is 0 Å². The minimum absolute atomic E-state index is 0.0372. The molecule has 3 rings (SSSR count). The summed E-state index contributed by atoms with van der Waals surface area (Å²) in [7, 11) is -1.05. The van der Waals surface area contributed by atoms with E-state index in [1.165, 1.54) is 18.3 Å². The van der Waals surface area contributed by atoms with Gasteiger partial charge in [-0.1, -0.05) is 51.1 Å². The lowest BCUT2D eigenvalue weighted by Gasteiger charge is -2.42. The average Bonchev–Trinajstić information content (AvgIpc) is 3.10. The largest absolute Gasteiger partial charge is 0.467 e. The van der Waals surface area contributed by atoms with E-state index in [0.717, 1.165) is 5.56 Å². The summed E-state index contributed by atoms with van der Waals surface area (Å²) in [6.07, 6.45) is 1.71. The van der Waals surface area contributed by atoms with E-state index in [9.17, 15) is 14.4 Å². The number of likely N-dealkylation sites (tertiary alicyclic amines) is 1. The smallest absolute Gasteiger partial charge is 0.411 e. The number of hydrogen-bond acceptors (Lipinski definition) is 7. The molecule has 0 N–H and O–H groups in total. The number of carbonyl (C=O) groups excluding carboxylic acids is 3. The number of hydrogen-bond donors (Lipinski definition) is 0. The minimum Gasteiger partial charge on any atom is -0.467 e. The van der Waals surface area contributed by atoms with Crippen molar-refractivity contribution in [1.29, 1.82) is 0 Å². The van der Waals surface area contributed by atoms with Gasteiger partial charge in [0.05, 0.1) is 31.4 Å². The van der Waals surface area contributed by atoms with Crippen LogP contribution in [0.3, 0.4) is 0 Å². The maximum atomic E-state index is 13.3. The molecule has 33 heavy (non-hydrogen) atoms. The normalized spacial score (nSPS) is 25.2. The third-order valence-electron chi connectivity index (χ3n) is 6.76. The Labute approximate surface area is 196 Å². The third-order valence-corrected chi connectivity index (χ3v) is 11.2. The fraction of sp³-hybridized carbons (Fsp3) is 0.542. The number of amides is 1. The molecule has 0 bridgehead atoms. The molecule has 1 amide bonds.